The number of nitrogens with two attached hydrogens (primary N) is 1. The molecule has 0 radical (unpaired) electrons. The molecule has 1 unspecified atom stereocenters. The molecular weight excluding hydrogens is 274 g/mol. The average molecular weight is 294 g/mol. The van der Waals surface area contributed by atoms with Gasteiger partial charge in [-0.05, 0) is 30.0 Å². The molecule has 1 aromatic carbocycles. The highest BCUT2D eigenvalue weighted by Crippen LogP contribution is 2.22. The fourth-order valence-electron chi connectivity index (χ4n) is 2.00. The van der Waals surface area contributed by atoms with Crippen LogP contribution in [0.1, 0.15) is 39.2 Å². The average Bonchev–Trinajstić information content (AvgIpc) is 2.28. The minimum absolute atomic E-state index is 0.0912. The summed E-state index contributed by atoms with van der Waals surface area (Å²) in [6.07, 6.45) is 1.02. The van der Waals surface area contributed by atoms with E-state index in [4.69, 9.17) is 22.6 Å². The molecule has 0 spiro atoms. The smallest absolute Gasteiger partial charge is 0.225 e. The van der Waals surface area contributed by atoms with Crippen LogP contribution in [0, 0.1) is 16.7 Å². The summed E-state index contributed by atoms with van der Waals surface area (Å²) in [6, 6.07) is 6.59. The molecule has 0 heterocycles. The number of benzene rings is 1. The van der Waals surface area contributed by atoms with Gasteiger partial charge in [-0.2, -0.15) is 5.26 Å². The standard InChI is InChI=1S/C15H20ClN3O/c1-15(2,3)8-11(18)7-14(20)19-12-4-5-13(16)10(6-12)9-17/h4-6,11H,7-8,18H2,1-3H3,(H,19,20). The Balaban J connectivity index is 2.61. The van der Waals surface area contributed by atoms with E-state index >= 15 is 0 Å². The summed E-state index contributed by atoms with van der Waals surface area (Å²) in [6.45, 7) is 6.26. The van der Waals surface area contributed by atoms with Crippen molar-refractivity contribution in [2.75, 3.05) is 5.32 Å². The van der Waals surface area contributed by atoms with Crippen LogP contribution >= 0.6 is 11.6 Å². The van der Waals surface area contributed by atoms with Crippen LogP contribution in [0.15, 0.2) is 18.2 Å². The normalized spacial score (nSPS) is 12.6. The third-order valence-electron chi connectivity index (χ3n) is 2.69. The van der Waals surface area contributed by atoms with Gasteiger partial charge in [0, 0.05) is 18.2 Å². The fourth-order valence-corrected chi connectivity index (χ4v) is 2.16. The van der Waals surface area contributed by atoms with Crippen molar-refractivity contribution < 1.29 is 4.79 Å². The Hall–Kier alpha value is -1.57. The Kier molecular flexibility index (Phi) is 5.55. The molecule has 1 aromatic rings. The van der Waals surface area contributed by atoms with Crippen LogP contribution < -0.4 is 11.1 Å². The SMILES string of the molecule is CC(C)(C)CC(N)CC(=O)Nc1ccc(Cl)c(C#N)c1. The molecule has 0 aromatic heterocycles. The first-order valence-corrected chi connectivity index (χ1v) is 6.84. The quantitative estimate of drug-likeness (QED) is 0.894. The molecule has 4 nitrogen and oxygen atoms in total. The minimum Gasteiger partial charge on any atom is -0.327 e. The number of halogens is 1. The van der Waals surface area contributed by atoms with Gasteiger partial charge < -0.3 is 11.1 Å². The Labute approximate surface area is 124 Å². The highest BCUT2D eigenvalue weighted by molar-refractivity contribution is 6.31. The second kappa shape index (κ2) is 6.74. The van der Waals surface area contributed by atoms with Crippen LogP contribution in [0.25, 0.3) is 0 Å². The lowest BCUT2D eigenvalue weighted by atomic mass is 9.87. The number of anilines is 1. The lowest BCUT2D eigenvalue weighted by molar-refractivity contribution is -0.116. The fraction of sp³-hybridized carbons (Fsp3) is 0.467. The molecule has 0 aliphatic carbocycles. The van der Waals surface area contributed by atoms with Crippen molar-refractivity contribution in [3.63, 3.8) is 0 Å². The van der Waals surface area contributed by atoms with Crippen molar-refractivity contribution in [2.24, 2.45) is 11.1 Å². The molecule has 0 saturated carbocycles. The predicted molar refractivity (Wildman–Crippen MR) is 81.5 cm³/mol. The second-order valence-electron chi connectivity index (χ2n) is 6.08. The maximum Gasteiger partial charge on any atom is 0.225 e. The van der Waals surface area contributed by atoms with Crippen LogP contribution in [0.3, 0.4) is 0 Å². The Morgan fingerprint density at radius 1 is 1.50 bits per heavy atom. The number of rotatable bonds is 4. The van der Waals surface area contributed by atoms with E-state index in [1.54, 1.807) is 18.2 Å². The van der Waals surface area contributed by atoms with Gasteiger partial charge in [0.05, 0.1) is 10.6 Å². The van der Waals surface area contributed by atoms with E-state index in [-0.39, 0.29) is 23.8 Å². The Morgan fingerprint density at radius 2 is 2.15 bits per heavy atom. The number of carbonyl (C=O) groups excluding carboxylic acids is 1. The zero-order chi connectivity index (χ0) is 15.3. The molecule has 1 amide bonds. The van der Waals surface area contributed by atoms with E-state index in [1.165, 1.54) is 0 Å². The summed E-state index contributed by atoms with van der Waals surface area (Å²) >= 11 is 5.83. The minimum atomic E-state index is -0.183. The Bertz CT molecular complexity index is 529. The molecule has 0 aliphatic rings. The maximum atomic E-state index is 11.9. The molecular formula is C15H20ClN3O. The summed E-state index contributed by atoms with van der Waals surface area (Å²) in [4.78, 5) is 11.9. The molecule has 20 heavy (non-hydrogen) atoms. The van der Waals surface area contributed by atoms with Crippen LogP contribution in [0.5, 0.6) is 0 Å². The van der Waals surface area contributed by atoms with E-state index in [0.29, 0.717) is 16.3 Å². The number of nitriles is 1. The molecule has 1 atom stereocenters. The molecule has 108 valence electrons. The van der Waals surface area contributed by atoms with Crippen LogP contribution in [-0.4, -0.2) is 11.9 Å². The van der Waals surface area contributed by atoms with Gasteiger partial charge in [-0.3, -0.25) is 4.79 Å². The molecule has 0 bridgehead atoms. The first kappa shape index (κ1) is 16.5. The van der Waals surface area contributed by atoms with E-state index in [1.807, 2.05) is 6.07 Å². The van der Waals surface area contributed by atoms with Gasteiger partial charge in [0.25, 0.3) is 0 Å². The van der Waals surface area contributed by atoms with Gasteiger partial charge in [-0.15, -0.1) is 0 Å². The monoisotopic (exact) mass is 293 g/mol. The van der Waals surface area contributed by atoms with E-state index < -0.39 is 0 Å². The van der Waals surface area contributed by atoms with E-state index in [9.17, 15) is 4.79 Å². The number of amides is 1. The zero-order valence-electron chi connectivity index (χ0n) is 12.0. The van der Waals surface area contributed by atoms with Gasteiger partial charge in [-0.25, -0.2) is 0 Å². The summed E-state index contributed by atoms with van der Waals surface area (Å²) in [5.41, 5.74) is 6.94. The van der Waals surface area contributed by atoms with Gasteiger partial charge in [0.1, 0.15) is 6.07 Å². The van der Waals surface area contributed by atoms with Crippen molar-refractivity contribution in [1.29, 1.82) is 5.26 Å². The highest BCUT2D eigenvalue weighted by Gasteiger charge is 2.18. The lowest BCUT2D eigenvalue weighted by Gasteiger charge is -2.22. The highest BCUT2D eigenvalue weighted by atomic mass is 35.5. The first-order chi connectivity index (χ1) is 9.21. The largest absolute Gasteiger partial charge is 0.327 e. The zero-order valence-corrected chi connectivity index (χ0v) is 12.8. The van der Waals surface area contributed by atoms with Crippen LogP contribution in [0.2, 0.25) is 5.02 Å². The van der Waals surface area contributed by atoms with Crippen molar-refractivity contribution in [3.8, 4) is 6.07 Å². The molecule has 1 rings (SSSR count). The first-order valence-electron chi connectivity index (χ1n) is 6.46. The number of hydrogen-bond donors (Lipinski definition) is 2. The van der Waals surface area contributed by atoms with Crippen molar-refractivity contribution in [3.05, 3.63) is 28.8 Å². The number of nitrogens with zero attached hydrogens (tertiary/aromatic N) is 1. The summed E-state index contributed by atoms with van der Waals surface area (Å²) in [5, 5.41) is 12.0. The summed E-state index contributed by atoms with van der Waals surface area (Å²) in [5.74, 6) is -0.159. The van der Waals surface area contributed by atoms with Crippen molar-refractivity contribution in [1.82, 2.24) is 0 Å². The molecule has 5 heteroatoms. The molecule has 3 N–H and O–H groups in total. The molecule has 0 saturated heterocycles. The van der Waals surface area contributed by atoms with Gasteiger partial charge in [0.15, 0.2) is 0 Å². The number of carbonyl (C=O) groups is 1. The topological polar surface area (TPSA) is 78.9 Å². The summed E-state index contributed by atoms with van der Waals surface area (Å²) < 4.78 is 0. The molecule has 0 aliphatic heterocycles. The van der Waals surface area contributed by atoms with Crippen molar-refractivity contribution >= 4 is 23.2 Å². The molecule has 0 fully saturated rings. The predicted octanol–water partition coefficient (Wildman–Crippen LogP) is 3.30. The van der Waals surface area contributed by atoms with E-state index in [2.05, 4.69) is 26.1 Å². The second-order valence-corrected chi connectivity index (χ2v) is 6.49. The van der Waals surface area contributed by atoms with Crippen molar-refractivity contribution in [2.45, 2.75) is 39.7 Å². The maximum absolute atomic E-state index is 11.9. The van der Waals surface area contributed by atoms with Gasteiger partial charge in [0.2, 0.25) is 5.91 Å². The third kappa shape index (κ3) is 5.60. The summed E-state index contributed by atoms with van der Waals surface area (Å²) in [7, 11) is 0. The lowest BCUT2D eigenvalue weighted by Crippen LogP contribution is -2.31. The number of hydrogen-bond acceptors (Lipinski definition) is 3. The number of nitrogens with one attached hydrogen (secondary N) is 1. The van der Waals surface area contributed by atoms with Gasteiger partial charge in [-0.1, -0.05) is 32.4 Å². The third-order valence-corrected chi connectivity index (χ3v) is 3.02. The van der Waals surface area contributed by atoms with E-state index in [0.717, 1.165) is 6.42 Å². The van der Waals surface area contributed by atoms with Gasteiger partial charge >= 0.3 is 0 Å². The van der Waals surface area contributed by atoms with Crippen LogP contribution in [-0.2, 0) is 4.79 Å². The van der Waals surface area contributed by atoms with Crippen LogP contribution in [0.4, 0.5) is 5.69 Å². The Morgan fingerprint density at radius 3 is 2.70 bits per heavy atom.